The molecule has 0 radical (unpaired) electrons. The standard InChI is InChI=1S/C35H39F4N3O6/c1-19(2)14-28(33(45)47-22-8-6-7-9-22)41(34(46)48-35(3,4)5)18-20-15-26(38)30(27(39)16-20)42-29(43)13-12-24(32(42)40)31(44)23-11-10-21(36)17-25(23)37/h10-13,15-17,19,22,28H,6-9,14,18,40H2,1-5H3/t28-/m0/s1. The van der Waals surface area contributed by atoms with Gasteiger partial charge in [0.15, 0.2) is 17.4 Å². The summed E-state index contributed by atoms with van der Waals surface area (Å²) in [5, 5.41) is 0. The molecule has 3 aromatic rings. The van der Waals surface area contributed by atoms with Crippen LogP contribution in [0, 0.1) is 29.2 Å². The van der Waals surface area contributed by atoms with Crippen LogP contribution in [0.15, 0.2) is 47.3 Å². The third kappa shape index (κ3) is 8.42. The Bertz CT molecular complexity index is 1740. The minimum atomic E-state index is -1.28. The summed E-state index contributed by atoms with van der Waals surface area (Å²) in [6.07, 6.45) is 2.17. The molecule has 1 atom stereocenters. The molecule has 2 N–H and O–H groups in total. The van der Waals surface area contributed by atoms with Crippen LogP contribution >= 0.6 is 0 Å². The first kappa shape index (κ1) is 36.2. The zero-order valence-electron chi connectivity index (χ0n) is 27.4. The van der Waals surface area contributed by atoms with E-state index in [2.05, 4.69) is 0 Å². The van der Waals surface area contributed by atoms with Gasteiger partial charge in [-0.05, 0) is 94.7 Å². The fourth-order valence-electron chi connectivity index (χ4n) is 5.58. The Morgan fingerprint density at radius 3 is 2.10 bits per heavy atom. The van der Waals surface area contributed by atoms with Gasteiger partial charge < -0.3 is 15.2 Å². The first-order chi connectivity index (χ1) is 22.5. The third-order valence-corrected chi connectivity index (χ3v) is 7.76. The number of aromatic nitrogens is 1. The summed E-state index contributed by atoms with van der Waals surface area (Å²) in [7, 11) is 0. The van der Waals surface area contributed by atoms with Crippen LogP contribution < -0.4 is 11.3 Å². The van der Waals surface area contributed by atoms with Gasteiger partial charge >= 0.3 is 12.1 Å². The van der Waals surface area contributed by atoms with Gasteiger partial charge in [0.05, 0.1) is 17.7 Å². The van der Waals surface area contributed by atoms with Crippen molar-refractivity contribution >= 4 is 23.7 Å². The Hall–Kier alpha value is -4.68. The first-order valence-electron chi connectivity index (χ1n) is 15.7. The van der Waals surface area contributed by atoms with Crippen molar-refractivity contribution in [2.24, 2.45) is 5.92 Å². The Labute approximate surface area is 275 Å². The smallest absolute Gasteiger partial charge is 0.411 e. The van der Waals surface area contributed by atoms with Crippen molar-refractivity contribution in [1.82, 2.24) is 9.47 Å². The Morgan fingerprint density at radius 1 is 0.938 bits per heavy atom. The number of hydrogen-bond acceptors (Lipinski definition) is 7. The minimum absolute atomic E-state index is 0.0832. The molecule has 2 aromatic carbocycles. The molecule has 4 rings (SSSR count). The second-order valence-electron chi connectivity index (χ2n) is 13.3. The number of anilines is 1. The predicted octanol–water partition coefficient (Wildman–Crippen LogP) is 6.84. The van der Waals surface area contributed by atoms with Crippen molar-refractivity contribution in [3.05, 3.63) is 92.8 Å². The second kappa shape index (κ2) is 14.6. The zero-order chi connectivity index (χ0) is 35.5. The number of nitrogens with two attached hydrogens (primary N) is 1. The summed E-state index contributed by atoms with van der Waals surface area (Å²) in [6, 6.07) is 4.61. The summed E-state index contributed by atoms with van der Waals surface area (Å²) >= 11 is 0. The lowest BCUT2D eigenvalue weighted by atomic mass is 10.0. The molecule has 1 fully saturated rings. The lowest BCUT2D eigenvalue weighted by Gasteiger charge is -2.34. The maximum Gasteiger partial charge on any atom is 0.411 e. The molecular formula is C35H39F4N3O6. The van der Waals surface area contributed by atoms with E-state index in [9.17, 15) is 28.0 Å². The number of esters is 1. The highest BCUT2D eigenvalue weighted by atomic mass is 19.1. The summed E-state index contributed by atoms with van der Waals surface area (Å²) in [6.45, 7) is 8.14. The molecule has 0 aliphatic heterocycles. The number of benzene rings is 2. The molecule has 1 heterocycles. The summed E-state index contributed by atoms with van der Waals surface area (Å²) in [4.78, 5) is 54.0. The van der Waals surface area contributed by atoms with E-state index >= 15 is 8.78 Å². The van der Waals surface area contributed by atoms with E-state index in [-0.39, 0.29) is 24.0 Å². The van der Waals surface area contributed by atoms with Crippen molar-refractivity contribution in [3.63, 3.8) is 0 Å². The quantitative estimate of drug-likeness (QED) is 0.142. The van der Waals surface area contributed by atoms with Gasteiger partial charge in [-0.2, -0.15) is 0 Å². The third-order valence-electron chi connectivity index (χ3n) is 7.76. The number of pyridine rings is 1. The average Bonchev–Trinajstić information content (AvgIpc) is 3.48. The van der Waals surface area contributed by atoms with Gasteiger partial charge in [0.25, 0.3) is 5.56 Å². The molecule has 258 valence electrons. The van der Waals surface area contributed by atoms with Crippen LogP contribution in [0.25, 0.3) is 5.69 Å². The van der Waals surface area contributed by atoms with E-state index < -0.39 is 87.5 Å². The molecule has 13 heteroatoms. The van der Waals surface area contributed by atoms with Gasteiger partial charge in [-0.15, -0.1) is 0 Å². The minimum Gasteiger partial charge on any atom is -0.461 e. The average molecular weight is 674 g/mol. The molecule has 0 unspecified atom stereocenters. The fraction of sp³-hybridized carbons (Fsp3) is 0.429. The predicted molar refractivity (Wildman–Crippen MR) is 170 cm³/mol. The summed E-state index contributed by atoms with van der Waals surface area (Å²) in [5.74, 6) is -7.18. The number of nitrogen functional groups attached to an aromatic ring is 1. The Kier molecular flexibility index (Phi) is 11.0. The molecule has 1 aliphatic rings. The number of amides is 1. The Balaban J connectivity index is 1.74. The maximum absolute atomic E-state index is 15.8. The van der Waals surface area contributed by atoms with Crippen LogP contribution in [0.1, 0.15) is 88.2 Å². The van der Waals surface area contributed by atoms with E-state index in [1.165, 1.54) is 0 Å². The second-order valence-corrected chi connectivity index (χ2v) is 13.3. The number of hydrogen-bond donors (Lipinski definition) is 1. The van der Waals surface area contributed by atoms with Gasteiger partial charge in [-0.25, -0.2) is 27.2 Å². The fourth-order valence-corrected chi connectivity index (χ4v) is 5.58. The van der Waals surface area contributed by atoms with Crippen LogP contribution in [0.2, 0.25) is 0 Å². The van der Waals surface area contributed by atoms with Crippen molar-refractivity contribution in [1.29, 1.82) is 0 Å². The number of ether oxygens (including phenoxy) is 2. The molecule has 1 saturated carbocycles. The molecule has 0 spiro atoms. The molecule has 48 heavy (non-hydrogen) atoms. The summed E-state index contributed by atoms with van der Waals surface area (Å²) in [5.41, 5.74) is 2.04. The number of rotatable bonds is 10. The normalized spacial score (nSPS) is 14.2. The molecule has 1 amide bonds. The van der Waals surface area contributed by atoms with Crippen LogP contribution in [0.5, 0.6) is 0 Å². The molecule has 0 saturated heterocycles. The van der Waals surface area contributed by atoms with Gasteiger partial charge in [-0.3, -0.25) is 19.1 Å². The lowest BCUT2D eigenvalue weighted by Crippen LogP contribution is -2.48. The highest BCUT2D eigenvalue weighted by molar-refractivity contribution is 6.11. The van der Waals surface area contributed by atoms with Crippen LogP contribution in [0.4, 0.5) is 28.2 Å². The van der Waals surface area contributed by atoms with E-state index in [1.807, 2.05) is 13.8 Å². The van der Waals surface area contributed by atoms with E-state index in [1.54, 1.807) is 20.8 Å². The van der Waals surface area contributed by atoms with Crippen molar-refractivity contribution in [2.75, 3.05) is 5.73 Å². The van der Waals surface area contributed by atoms with E-state index in [0.29, 0.717) is 23.5 Å². The molecule has 0 bridgehead atoms. The zero-order valence-corrected chi connectivity index (χ0v) is 27.4. The number of carbonyl (C=O) groups excluding carboxylic acids is 3. The SMILES string of the molecule is CC(C)C[C@@H](C(=O)OC1CCCC1)N(Cc1cc(F)c(-n2c(N)c(C(=O)c3ccc(F)cc3F)ccc2=O)c(F)c1)C(=O)OC(C)(C)C. The van der Waals surface area contributed by atoms with Gasteiger partial charge in [0.2, 0.25) is 0 Å². The number of carbonyl (C=O) groups is 3. The number of halogens is 4. The molecular weight excluding hydrogens is 634 g/mol. The maximum atomic E-state index is 15.8. The van der Waals surface area contributed by atoms with Gasteiger partial charge in [0.1, 0.15) is 40.9 Å². The van der Waals surface area contributed by atoms with Crippen molar-refractivity contribution in [2.45, 2.75) is 91.0 Å². The lowest BCUT2D eigenvalue weighted by molar-refractivity contribution is -0.156. The van der Waals surface area contributed by atoms with Crippen molar-refractivity contribution in [3.8, 4) is 5.69 Å². The molecule has 1 aromatic heterocycles. The molecule has 1 aliphatic carbocycles. The van der Waals surface area contributed by atoms with E-state index in [0.717, 1.165) is 54.1 Å². The van der Waals surface area contributed by atoms with Crippen LogP contribution in [-0.4, -0.2) is 45.1 Å². The molecule has 9 nitrogen and oxygen atoms in total. The first-order valence-corrected chi connectivity index (χ1v) is 15.7. The highest BCUT2D eigenvalue weighted by Crippen LogP contribution is 2.28. The summed E-state index contributed by atoms with van der Waals surface area (Å²) < 4.78 is 71.2. The van der Waals surface area contributed by atoms with Gasteiger partial charge in [0, 0.05) is 12.1 Å². The monoisotopic (exact) mass is 673 g/mol. The highest BCUT2D eigenvalue weighted by Gasteiger charge is 2.37. The van der Waals surface area contributed by atoms with Crippen molar-refractivity contribution < 1.29 is 41.4 Å². The van der Waals surface area contributed by atoms with E-state index in [4.69, 9.17) is 15.2 Å². The largest absolute Gasteiger partial charge is 0.461 e. The number of ketones is 1. The van der Waals surface area contributed by atoms with Crippen LogP contribution in [-0.2, 0) is 20.8 Å². The van der Waals surface area contributed by atoms with Crippen LogP contribution in [0.3, 0.4) is 0 Å². The topological polar surface area (TPSA) is 121 Å². The number of nitrogens with zero attached hydrogens (tertiary/aromatic N) is 2. The Morgan fingerprint density at radius 2 is 1.54 bits per heavy atom. The van der Waals surface area contributed by atoms with Gasteiger partial charge in [-0.1, -0.05) is 13.8 Å².